The summed E-state index contributed by atoms with van der Waals surface area (Å²) in [6.45, 7) is 1.18. The molecule has 0 unspecified atom stereocenters. The average Bonchev–Trinajstić information content (AvgIpc) is 2.77. The predicted octanol–water partition coefficient (Wildman–Crippen LogP) is 3.01. The molecule has 1 aliphatic rings. The molecular formula is C21H20ClN5O3S. The summed E-state index contributed by atoms with van der Waals surface area (Å²) in [5, 5.41) is 23.4. The summed E-state index contributed by atoms with van der Waals surface area (Å²) in [7, 11) is -1.45. The minimum atomic E-state index is -3.01. The van der Waals surface area contributed by atoms with Gasteiger partial charge in [-0.1, -0.05) is 17.7 Å². The first-order valence-corrected chi connectivity index (χ1v) is 11.8. The fourth-order valence-corrected chi connectivity index (χ4v) is 4.99. The molecule has 10 heteroatoms. The summed E-state index contributed by atoms with van der Waals surface area (Å²) < 4.78 is 28.8. The fourth-order valence-electron chi connectivity index (χ4n) is 3.50. The third-order valence-electron chi connectivity index (χ3n) is 5.21. The Morgan fingerprint density at radius 2 is 1.94 bits per heavy atom. The summed E-state index contributed by atoms with van der Waals surface area (Å²) in [5.41, 5.74) is 1.44. The number of anilines is 2. The Morgan fingerprint density at radius 3 is 2.61 bits per heavy atom. The monoisotopic (exact) mass is 457 g/mol. The Hall–Kier alpha value is -3.09. The lowest BCUT2D eigenvalue weighted by Crippen LogP contribution is -2.40. The first kappa shape index (κ1) is 21.2. The van der Waals surface area contributed by atoms with Gasteiger partial charge in [-0.2, -0.15) is 5.26 Å². The predicted molar refractivity (Wildman–Crippen MR) is 120 cm³/mol. The highest BCUT2D eigenvalue weighted by Gasteiger charge is 2.24. The summed E-state index contributed by atoms with van der Waals surface area (Å²) in [6.07, 6.45) is 0. The van der Waals surface area contributed by atoms with E-state index in [2.05, 4.69) is 21.6 Å². The Balaban J connectivity index is 1.66. The van der Waals surface area contributed by atoms with Crippen molar-refractivity contribution < 1.29 is 13.2 Å². The van der Waals surface area contributed by atoms with Crippen molar-refractivity contribution in [3.05, 3.63) is 52.5 Å². The maximum atomic E-state index is 11.8. The standard InChI is InChI=1S/C21H20ClN5O3S/c1-30-19-5-3-15(11-18(19)22)13-24-20-17-10-14(12-23)2-4-16(17)21(26-25-20)27-6-8-31(28,29)9-7-27/h2-5,10-11H,6-9,13H2,1H3,(H,24,25). The molecule has 1 N–H and O–H groups in total. The van der Waals surface area contributed by atoms with Crippen LogP contribution in [0.4, 0.5) is 11.6 Å². The van der Waals surface area contributed by atoms with Crippen molar-refractivity contribution in [3.8, 4) is 11.8 Å². The molecule has 0 amide bonds. The maximum absolute atomic E-state index is 11.8. The van der Waals surface area contributed by atoms with Crippen molar-refractivity contribution in [2.45, 2.75) is 6.54 Å². The average molecular weight is 458 g/mol. The number of nitrogens with zero attached hydrogens (tertiary/aromatic N) is 4. The Labute approximate surface area is 185 Å². The second kappa shape index (κ2) is 8.57. The molecule has 1 aromatic heterocycles. The van der Waals surface area contributed by atoms with Gasteiger partial charge in [0.1, 0.15) is 5.75 Å². The largest absolute Gasteiger partial charge is 0.495 e. The Bertz CT molecular complexity index is 1280. The summed E-state index contributed by atoms with van der Waals surface area (Å²) >= 11 is 6.21. The van der Waals surface area contributed by atoms with E-state index in [1.54, 1.807) is 25.3 Å². The molecule has 4 rings (SSSR count). The van der Waals surface area contributed by atoms with E-state index in [1.807, 2.05) is 23.1 Å². The summed E-state index contributed by atoms with van der Waals surface area (Å²) in [4.78, 5) is 1.93. The van der Waals surface area contributed by atoms with Gasteiger partial charge >= 0.3 is 0 Å². The first-order valence-electron chi connectivity index (χ1n) is 9.62. The van der Waals surface area contributed by atoms with Crippen LogP contribution in [0.2, 0.25) is 5.02 Å². The van der Waals surface area contributed by atoms with Crippen molar-refractivity contribution in [2.24, 2.45) is 0 Å². The number of hydrogen-bond donors (Lipinski definition) is 1. The molecule has 0 spiro atoms. The molecule has 8 nitrogen and oxygen atoms in total. The van der Waals surface area contributed by atoms with Gasteiger partial charge < -0.3 is 15.0 Å². The van der Waals surface area contributed by atoms with E-state index in [9.17, 15) is 13.7 Å². The third-order valence-corrected chi connectivity index (χ3v) is 7.11. The fraction of sp³-hybridized carbons (Fsp3) is 0.286. The highest BCUT2D eigenvalue weighted by molar-refractivity contribution is 7.91. The molecule has 3 aromatic rings. The number of nitrogens with one attached hydrogen (secondary N) is 1. The molecule has 2 heterocycles. The molecule has 160 valence electrons. The summed E-state index contributed by atoms with van der Waals surface area (Å²) in [6, 6.07) is 13.0. The van der Waals surface area contributed by atoms with Crippen LogP contribution in [0, 0.1) is 11.3 Å². The van der Waals surface area contributed by atoms with Gasteiger partial charge in [-0.05, 0) is 35.9 Å². The zero-order valence-corrected chi connectivity index (χ0v) is 18.4. The number of rotatable bonds is 5. The van der Waals surface area contributed by atoms with E-state index >= 15 is 0 Å². The van der Waals surface area contributed by atoms with Crippen LogP contribution in [0.25, 0.3) is 10.8 Å². The molecule has 1 aliphatic heterocycles. The lowest BCUT2D eigenvalue weighted by atomic mass is 10.1. The van der Waals surface area contributed by atoms with Crippen LogP contribution >= 0.6 is 11.6 Å². The molecule has 31 heavy (non-hydrogen) atoms. The number of ether oxygens (including phenoxy) is 1. The molecule has 1 saturated heterocycles. The van der Waals surface area contributed by atoms with Gasteiger partial charge in [0, 0.05) is 30.4 Å². The molecule has 0 saturated carbocycles. The molecule has 0 bridgehead atoms. The number of methoxy groups -OCH3 is 1. The van der Waals surface area contributed by atoms with Gasteiger partial charge in [-0.3, -0.25) is 0 Å². The van der Waals surface area contributed by atoms with Crippen molar-refractivity contribution in [1.82, 2.24) is 10.2 Å². The SMILES string of the molecule is COc1ccc(CNc2nnc(N3CCS(=O)(=O)CC3)c3ccc(C#N)cc23)cc1Cl. The molecule has 0 aliphatic carbocycles. The van der Waals surface area contributed by atoms with Crippen molar-refractivity contribution in [1.29, 1.82) is 5.26 Å². The molecule has 0 atom stereocenters. The molecule has 2 aromatic carbocycles. The highest BCUT2D eigenvalue weighted by Crippen LogP contribution is 2.31. The second-order valence-corrected chi connectivity index (χ2v) is 9.92. The van der Waals surface area contributed by atoms with Crippen LogP contribution in [0.3, 0.4) is 0 Å². The van der Waals surface area contributed by atoms with E-state index in [1.165, 1.54) is 0 Å². The normalized spacial score (nSPS) is 15.5. The quantitative estimate of drug-likeness (QED) is 0.622. The van der Waals surface area contributed by atoms with Gasteiger partial charge in [0.25, 0.3) is 0 Å². The number of hydrogen-bond acceptors (Lipinski definition) is 8. The lowest BCUT2D eigenvalue weighted by Gasteiger charge is -2.28. The molecular weight excluding hydrogens is 438 g/mol. The van der Waals surface area contributed by atoms with Gasteiger partial charge in [0.15, 0.2) is 21.5 Å². The third kappa shape index (κ3) is 4.50. The van der Waals surface area contributed by atoms with Crippen LogP contribution in [-0.4, -0.2) is 50.3 Å². The topological polar surface area (TPSA) is 108 Å². The molecule has 1 fully saturated rings. The van der Waals surface area contributed by atoms with E-state index in [4.69, 9.17) is 16.3 Å². The number of fused-ring (bicyclic) bond motifs is 1. The van der Waals surface area contributed by atoms with E-state index < -0.39 is 9.84 Å². The van der Waals surface area contributed by atoms with E-state index in [0.717, 1.165) is 16.3 Å². The van der Waals surface area contributed by atoms with E-state index in [0.29, 0.717) is 47.6 Å². The van der Waals surface area contributed by atoms with Crippen molar-refractivity contribution in [3.63, 3.8) is 0 Å². The van der Waals surface area contributed by atoms with Gasteiger partial charge in [0.05, 0.1) is 35.3 Å². The van der Waals surface area contributed by atoms with Crippen LogP contribution in [-0.2, 0) is 16.4 Å². The first-order chi connectivity index (χ1) is 14.9. The van der Waals surface area contributed by atoms with Crippen LogP contribution in [0.1, 0.15) is 11.1 Å². The number of aromatic nitrogens is 2. The highest BCUT2D eigenvalue weighted by atomic mass is 35.5. The molecule has 0 radical (unpaired) electrons. The zero-order chi connectivity index (χ0) is 22.0. The zero-order valence-electron chi connectivity index (χ0n) is 16.8. The van der Waals surface area contributed by atoms with Crippen LogP contribution in [0.5, 0.6) is 5.75 Å². The number of halogens is 1. The van der Waals surface area contributed by atoms with Crippen molar-refractivity contribution >= 4 is 43.8 Å². The van der Waals surface area contributed by atoms with E-state index in [-0.39, 0.29) is 11.5 Å². The Morgan fingerprint density at radius 1 is 1.16 bits per heavy atom. The van der Waals surface area contributed by atoms with Gasteiger partial charge in [0.2, 0.25) is 0 Å². The second-order valence-electron chi connectivity index (χ2n) is 7.21. The minimum absolute atomic E-state index is 0.0880. The minimum Gasteiger partial charge on any atom is -0.495 e. The van der Waals surface area contributed by atoms with Crippen LogP contribution < -0.4 is 15.0 Å². The van der Waals surface area contributed by atoms with Gasteiger partial charge in [-0.15, -0.1) is 10.2 Å². The lowest BCUT2D eigenvalue weighted by molar-refractivity contribution is 0.415. The number of benzene rings is 2. The summed E-state index contributed by atoms with van der Waals surface area (Å²) in [5.74, 6) is 1.93. The van der Waals surface area contributed by atoms with Gasteiger partial charge in [-0.25, -0.2) is 8.42 Å². The van der Waals surface area contributed by atoms with Crippen LogP contribution in [0.15, 0.2) is 36.4 Å². The smallest absolute Gasteiger partial charge is 0.159 e. The Kier molecular flexibility index (Phi) is 5.85. The number of nitriles is 1. The maximum Gasteiger partial charge on any atom is 0.159 e. The van der Waals surface area contributed by atoms with Crippen molar-refractivity contribution in [2.75, 3.05) is 41.9 Å². The number of sulfone groups is 1.